The Morgan fingerprint density at radius 3 is 2.67 bits per heavy atom. The van der Waals surface area contributed by atoms with E-state index in [-0.39, 0.29) is 41.3 Å². The molecular formula is C12H16Br2FN5O. The number of aliphatic imine (C=N–C) groups is 2. The lowest BCUT2D eigenvalue weighted by Crippen LogP contribution is -2.53. The van der Waals surface area contributed by atoms with E-state index in [1.165, 1.54) is 11.1 Å². The summed E-state index contributed by atoms with van der Waals surface area (Å²) in [6.45, 7) is 3.53. The van der Waals surface area contributed by atoms with Crippen molar-refractivity contribution in [3.05, 3.63) is 34.1 Å². The van der Waals surface area contributed by atoms with Gasteiger partial charge in [-0.15, -0.1) is 17.0 Å². The molecule has 0 spiro atoms. The first-order valence-electron chi connectivity index (χ1n) is 5.86. The average Bonchev–Trinajstić information content (AvgIpc) is 2.31. The number of rotatable bonds is 3. The van der Waals surface area contributed by atoms with Crippen molar-refractivity contribution in [3.63, 3.8) is 0 Å². The quantitative estimate of drug-likeness (QED) is 0.778. The molecule has 1 aliphatic rings. The lowest BCUT2D eigenvalue weighted by molar-refractivity contribution is -0.167. The van der Waals surface area contributed by atoms with E-state index in [1.807, 2.05) is 0 Å². The summed E-state index contributed by atoms with van der Waals surface area (Å²) in [7, 11) is 0. The van der Waals surface area contributed by atoms with Crippen LogP contribution in [0.4, 0.5) is 4.39 Å². The maximum atomic E-state index is 13.6. The summed E-state index contributed by atoms with van der Waals surface area (Å²) >= 11 is 3.28. The second-order valence-electron chi connectivity index (χ2n) is 4.74. The van der Waals surface area contributed by atoms with Gasteiger partial charge in [0.25, 0.3) is 0 Å². The van der Waals surface area contributed by atoms with Crippen LogP contribution in [0.15, 0.2) is 32.7 Å². The van der Waals surface area contributed by atoms with Gasteiger partial charge < -0.3 is 11.5 Å². The van der Waals surface area contributed by atoms with Crippen molar-refractivity contribution in [1.82, 2.24) is 5.06 Å². The van der Waals surface area contributed by atoms with Crippen LogP contribution in [0.5, 0.6) is 0 Å². The smallest absolute Gasteiger partial charge is 0.226 e. The zero-order valence-corrected chi connectivity index (χ0v) is 14.8. The summed E-state index contributed by atoms with van der Waals surface area (Å²) in [4.78, 5) is 13.5. The SMILES string of the molecule is Br.CC1(C)N=C(N)N=C(N)N1OCc1cc(Br)ccc1F. The van der Waals surface area contributed by atoms with Gasteiger partial charge in [0.2, 0.25) is 11.9 Å². The van der Waals surface area contributed by atoms with Gasteiger partial charge in [0.1, 0.15) is 12.4 Å². The largest absolute Gasteiger partial charge is 0.368 e. The minimum Gasteiger partial charge on any atom is -0.368 e. The van der Waals surface area contributed by atoms with Crippen LogP contribution in [-0.2, 0) is 11.4 Å². The summed E-state index contributed by atoms with van der Waals surface area (Å²) in [5.74, 6) is -0.194. The van der Waals surface area contributed by atoms with E-state index in [0.29, 0.717) is 5.56 Å². The van der Waals surface area contributed by atoms with Crippen molar-refractivity contribution in [2.45, 2.75) is 26.1 Å². The fourth-order valence-electron chi connectivity index (χ4n) is 1.81. The van der Waals surface area contributed by atoms with E-state index < -0.39 is 5.66 Å². The summed E-state index contributed by atoms with van der Waals surface area (Å²) in [5.41, 5.74) is 10.9. The highest BCUT2D eigenvalue weighted by atomic mass is 79.9. The van der Waals surface area contributed by atoms with Gasteiger partial charge in [-0.3, -0.25) is 4.84 Å². The number of halogens is 3. The normalized spacial score (nSPS) is 16.9. The molecule has 9 heteroatoms. The Morgan fingerprint density at radius 1 is 1.38 bits per heavy atom. The van der Waals surface area contributed by atoms with Crippen molar-refractivity contribution in [1.29, 1.82) is 0 Å². The van der Waals surface area contributed by atoms with Gasteiger partial charge in [-0.2, -0.15) is 10.1 Å². The minimum absolute atomic E-state index is 0. The lowest BCUT2D eigenvalue weighted by Gasteiger charge is -2.36. The van der Waals surface area contributed by atoms with Crippen LogP contribution in [0.3, 0.4) is 0 Å². The summed E-state index contributed by atoms with van der Waals surface area (Å²) in [6.07, 6.45) is 0. The van der Waals surface area contributed by atoms with E-state index in [1.54, 1.807) is 26.0 Å². The van der Waals surface area contributed by atoms with Gasteiger partial charge in [-0.25, -0.2) is 9.38 Å². The number of guanidine groups is 2. The Balaban J connectivity index is 0.00000220. The molecule has 0 saturated heterocycles. The topological polar surface area (TPSA) is 89.2 Å². The molecular weight excluding hydrogens is 409 g/mol. The van der Waals surface area contributed by atoms with Crippen LogP contribution in [0.2, 0.25) is 0 Å². The molecule has 0 saturated carbocycles. The predicted octanol–water partition coefficient (Wildman–Crippen LogP) is 2.28. The van der Waals surface area contributed by atoms with Crippen molar-refractivity contribution in [2.75, 3.05) is 0 Å². The molecule has 4 N–H and O–H groups in total. The first-order valence-corrected chi connectivity index (χ1v) is 6.65. The molecule has 0 radical (unpaired) electrons. The molecule has 0 unspecified atom stereocenters. The van der Waals surface area contributed by atoms with E-state index in [2.05, 4.69) is 25.9 Å². The molecule has 1 aromatic rings. The second-order valence-corrected chi connectivity index (χ2v) is 5.65. The highest BCUT2D eigenvalue weighted by Crippen LogP contribution is 2.22. The fraction of sp³-hybridized carbons (Fsp3) is 0.333. The molecule has 1 aliphatic heterocycles. The molecule has 1 heterocycles. The Labute approximate surface area is 140 Å². The number of benzene rings is 1. The van der Waals surface area contributed by atoms with E-state index >= 15 is 0 Å². The van der Waals surface area contributed by atoms with Crippen LogP contribution in [0.25, 0.3) is 0 Å². The Bertz CT molecular complexity index is 591. The molecule has 0 atom stereocenters. The maximum Gasteiger partial charge on any atom is 0.226 e. The molecule has 21 heavy (non-hydrogen) atoms. The van der Waals surface area contributed by atoms with Crippen molar-refractivity contribution < 1.29 is 9.23 Å². The number of hydrogen-bond acceptors (Lipinski definition) is 6. The molecule has 0 fully saturated rings. The first-order chi connectivity index (χ1) is 9.29. The van der Waals surface area contributed by atoms with Gasteiger partial charge in [-0.1, -0.05) is 15.9 Å². The van der Waals surface area contributed by atoms with Crippen LogP contribution < -0.4 is 11.5 Å². The summed E-state index contributed by atoms with van der Waals surface area (Å²) in [6, 6.07) is 4.61. The molecule has 2 rings (SSSR count). The third kappa shape index (κ3) is 4.14. The first kappa shape index (κ1) is 17.9. The Hall–Kier alpha value is -1.19. The molecule has 0 aliphatic carbocycles. The molecule has 0 bridgehead atoms. The minimum atomic E-state index is -0.807. The van der Waals surface area contributed by atoms with E-state index in [9.17, 15) is 4.39 Å². The number of hydroxylamine groups is 2. The maximum absolute atomic E-state index is 13.6. The second kappa shape index (κ2) is 6.71. The molecule has 0 amide bonds. The highest BCUT2D eigenvalue weighted by Gasteiger charge is 2.33. The van der Waals surface area contributed by atoms with Crippen LogP contribution in [0.1, 0.15) is 19.4 Å². The molecule has 0 aromatic heterocycles. The predicted molar refractivity (Wildman–Crippen MR) is 88.4 cm³/mol. The number of nitrogens with two attached hydrogens (primary N) is 2. The third-order valence-electron chi connectivity index (χ3n) is 2.68. The van der Waals surface area contributed by atoms with E-state index in [4.69, 9.17) is 16.3 Å². The monoisotopic (exact) mass is 423 g/mol. The Morgan fingerprint density at radius 2 is 2.05 bits per heavy atom. The van der Waals surface area contributed by atoms with Gasteiger partial charge >= 0.3 is 0 Å². The Kier molecular flexibility index (Phi) is 5.71. The molecule has 116 valence electrons. The van der Waals surface area contributed by atoms with Crippen LogP contribution >= 0.6 is 32.9 Å². The molecule has 6 nitrogen and oxygen atoms in total. The van der Waals surface area contributed by atoms with Gasteiger partial charge in [0, 0.05) is 10.0 Å². The summed E-state index contributed by atoms with van der Waals surface area (Å²) < 4.78 is 14.4. The van der Waals surface area contributed by atoms with Crippen LogP contribution in [-0.4, -0.2) is 22.6 Å². The lowest BCUT2D eigenvalue weighted by atomic mass is 10.2. The van der Waals surface area contributed by atoms with Crippen molar-refractivity contribution >= 4 is 44.8 Å². The number of hydrogen-bond donors (Lipinski definition) is 2. The van der Waals surface area contributed by atoms with Crippen LogP contribution in [0, 0.1) is 5.82 Å². The highest BCUT2D eigenvalue weighted by molar-refractivity contribution is 9.10. The van der Waals surface area contributed by atoms with Crippen molar-refractivity contribution in [2.24, 2.45) is 21.5 Å². The molecule has 1 aromatic carbocycles. The number of nitrogens with zero attached hydrogens (tertiary/aromatic N) is 3. The van der Waals surface area contributed by atoms with Gasteiger partial charge in [-0.05, 0) is 32.0 Å². The zero-order valence-electron chi connectivity index (χ0n) is 11.5. The van der Waals surface area contributed by atoms with E-state index in [0.717, 1.165) is 4.47 Å². The average molecular weight is 425 g/mol. The van der Waals surface area contributed by atoms with Gasteiger partial charge in [0.15, 0.2) is 5.66 Å². The third-order valence-corrected chi connectivity index (χ3v) is 3.17. The fourth-order valence-corrected chi connectivity index (χ4v) is 2.21. The van der Waals surface area contributed by atoms with Crippen molar-refractivity contribution in [3.8, 4) is 0 Å². The van der Waals surface area contributed by atoms with Gasteiger partial charge in [0.05, 0.1) is 0 Å². The zero-order chi connectivity index (χ0) is 14.9. The standard InChI is InChI=1S/C12H15BrFN5O.BrH/c1-12(2)18-10(15)17-11(16)19(12)20-6-7-5-8(13)3-4-9(7)14;/h3-5H,6H2,1-2H3,(H4,15,16,17,18);1H. The summed E-state index contributed by atoms with van der Waals surface area (Å²) in [5, 5.41) is 1.31.